The summed E-state index contributed by atoms with van der Waals surface area (Å²) in [6, 6.07) is 8.18. The molecule has 154 valence electrons. The minimum atomic E-state index is 0. The van der Waals surface area contributed by atoms with E-state index in [0.717, 1.165) is 68.7 Å². The highest BCUT2D eigenvalue weighted by Gasteiger charge is 2.15. The number of aromatic nitrogens is 3. The molecule has 8 nitrogen and oxygen atoms in total. The van der Waals surface area contributed by atoms with Crippen LogP contribution in [0.15, 0.2) is 35.6 Å². The lowest BCUT2D eigenvalue weighted by Crippen LogP contribution is -2.37. The first kappa shape index (κ1) is 22.6. The minimum Gasteiger partial charge on any atom is -0.381 e. The van der Waals surface area contributed by atoms with E-state index in [2.05, 4.69) is 42.9 Å². The second-order valence-corrected chi connectivity index (χ2v) is 6.55. The van der Waals surface area contributed by atoms with Crippen LogP contribution in [0, 0.1) is 5.92 Å². The lowest BCUT2D eigenvalue weighted by Gasteiger charge is -2.13. The molecule has 1 aromatic carbocycles. The Morgan fingerprint density at radius 2 is 2.32 bits per heavy atom. The lowest BCUT2D eigenvalue weighted by atomic mass is 10.1. The van der Waals surface area contributed by atoms with Gasteiger partial charge >= 0.3 is 0 Å². The quantitative estimate of drug-likeness (QED) is 0.212. The molecule has 1 saturated heterocycles. The molecule has 2 heterocycles. The van der Waals surface area contributed by atoms with E-state index < -0.39 is 0 Å². The summed E-state index contributed by atoms with van der Waals surface area (Å²) < 4.78 is 11.1. The molecular formula is C19H29IN6O2. The first-order chi connectivity index (χ1) is 13.3. The van der Waals surface area contributed by atoms with Crippen molar-refractivity contribution in [1.82, 2.24) is 25.8 Å². The van der Waals surface area contributed by atoms with E-state index in [-0.39, 0.29) is 24.0 Å². The van der Waals surface area contributed by atoms with Gasteiger partial charge in [-0.05, 0) is 24.5 Å². The molecule has 1 atom stereocenters. The van der Waals surface area contributed by atoms with Crippen LogP contribution in [0.25, 0.3) is 11.4 Å². The van der Waals surface area contributed by atoms with Crippen molar-refractivity contribution in [3.05, 3.63) is 36.2 Å². The van der Waals surface area contributed by atoms with Gasteiger partial charge < -0.3 is 20.1 Å². The Kier molecular flexibility index (Phi) is 10.2. The second kappa shape index (κ2) is 12.7. The summed E-state index contributed by atoms with van der Waals surface area (Å²) >= 11 is 0. The highest BCUT2D eigenvalue weighted by Crippen LogP contribution is 2.15. The fraction of sp³-hybridized carbons (Fsp3) is 0.526. The Morgan fingerprint density at radius 1 is 1.39 bits per heavy atom. The average molecular weight is 500 g/mol. The van der Waals surface area contributed by atoms with Crippen molar-refractivity contribution in [3.8, 4) is 11.4 Å². The van der Waals surface area contributed by atoms with E-state index in [0.29, 0.717) is 12.5 Å². The molecule has 3 rings (SSSR count). The van der Waals surface area contributed by atoms with E-state index in [9.17, 15) is 0 Å². The zero-order valence-corrected chi connectivity index (χ0v) is 18.5. The van der Waals surface area contributed by atoms with E-state index >= 15 is 0 Å². The zero-order valence-electron chi connectivity index (χ0n) is 16.2. The van der Waals surface area contributed by atoms with Crippen molar-refractivity contribution in [1.29, 1.82) is 0 Å². The van der Waals surface area contributed by atoms with E-state index in [1.807, 2.05) is 12.1 Å². The number of nitrogens with one attached hydrogen (secondary N) is 3. The average Bonchev–Trinajstić information content (AvgIpc) is 3.41. The van der Waals surface area contributed by atoms with Crippen LogP contribution in [0.4, 0.5) is 0 Å². The molecule has 1 aromatic heterocycles. The number of aromatic amines is 1. The maximum atomic E-state index is 5.72. The SMILES string of the molecule is CN=C(NCCCOCC1CCOC1)NCc1cccc(-c2ncn[nH]2)c1.I. The largest absolute Gasteiger partial charge is 0.381 e. The molecule has 0 radical (unpaired) electrons. The molecule has 28 heavy (non-hydrogen) atoms. The predicted octanol–water partition coefficient (Wildman–Crippen LogP) is 2.20. The van der Waals surface area contributed by atoms with Crippen LogP contribution in [-0.4, -0.2) is 61.2 Å². The molecule has 9 heteroatoms. The van der Waals surface area contributed by atoms with Gasteiger partial charge in [-0.15, -0.1) is 24.0 Å². The van der Waals surface area contributed by atoms with Gasteiger partial charge in [0.1, 0.15) is 6.33 Å². The summed E-state index contributed by atoms with van der Waals surface area (Å²) in [5, 5.41) is 13.4. The van der Waals surface area contributed by atoms with E-state index in [1.54, 1.807) is 7.05 Å². The summed E-state index contributed by atoms with van der Waals surface area (Å²) in [7, 11) is 1.77. The van der Waals surface area contributed by atoms with Gasteiger partial charge in [0.25, 0.3) is 0 Å². The first-order valence-corrected chi connectivity index (χ1v) is 9.40. The van der Waals surface area contributed by atoms with Gasteiger partial charge in [-0.2, -0.15) is 5.10 Å². The molecule has 0 saturated carbocycles. The van der Waals surface area contributed by atoms with Gasteiger partial charge in [-0.3, -0.25) is 10.1 Å². The van der Waals surface area contributed by atoms with Crippen LogP contribution in [0.2, 0.25) is 0 Å². The smallest absolute Gasteiger partial charge is 0.191 e. The zero-order chi connectivity index (χ0) is 18.7. The first-order valence-electron chi connectivity index (χ1n) is 9.40. The number of ether oxygens (including phenoxy) is 2. The number of H-pyrrole nitrogens is 1. The number of benzene rings is 1. The molecule has 1 aliphatic heterocycles. The van der Waals surface area contributed by atoms with Gasteiger partial charge in [-0.1, -0.05) is 18.2 Å². The molecule has 1 fully saturated rings. The second-order valence-electron chi connectivity index (χ2n) is 6.55. The number of hydrogen-bond acceptors (Lipinski definition) is 5. The van der Waals surface area contributed by atoms with Crippen LogP contribution in [0.5, 0.6) is 0 Å². The van der Waals surface area contributed by atoms with Crippen LogP contribution in [0.3, 0.4) is 0 Å². The third kappa shape index (κ3) is 7.36. The van der Waals surface area contributed by atoms with Crippen LogP contribution < -0.4 is 10.6 Å². The minimum absolute atomic E-state index is 0. The van der Waals surface area contributed by atoms with Crippen LogP contribution in [-0.2, 0) is 16.0 Å². The Hall–Kier alpha value is -1.72. The van der Waals surface area contributed by atoms with Gasteiger partial charge in [0.15, 0.2) is 11.8 Å². The Morgan fingerprint density at radius 3 is 3.07 bits per heavy atom. The molecule has 2 aromatic rings. The number of aliphatic imine (C=N–C) groups is 1. The van der Waals surface area contributed by atoms with Crippen molar-refractivity contribution in [2.24, 2.45) is 10.9 Å². The number of hydrogen-bond donors (Lipinski definition) is 3. The summed E-state index contributed by atoms with van der Waals surface area (Å²) in [6.45, 7) is 4.76. The van der Waals surface area contributed by atoms with Crippen LogP contribution >= 0.6 is 24.0 Å². The van der Waals surface area contributed by atoms with Gasteiger partial charge in [0.05, 0.1) is 13.2 Å². The van der Waals surface area contributed by atoms with Crippen molar-refractivity contribution >= 4 is 29.9 Å². The summed E-state index contributed by atoms with van der Waals surface area (Å²) in [4.78, 5) is 8.45. The van der Waals surface area contributed by atoms with Crippen molar-refractivity contribution in [3.63, 3.8) is 0 Å². The molecule has 0 amide bonds. The number of rotatable bonds is 9. The van der Waals surface area contributed by atoms with Crippen LogP contribution in [0.1, 0.15) is 18.4 Å². The molecule has 1 unspecified atom stereocenters. The predicted molar refractivity (Wildman–Crippen MR) is 120 cm³/mol. The fourth-order valence-corrected chi connectivity index (χ4v) is 2.93. The van der Waals surface area contributed by atoms with Crippen molar-refractivity contribution in [2.75, 3.05) is 40.0 Å². The Balaban J connectivity index is 0.00000280. The lowest BCUT2D eigenvalue weighted by molar-refractivity contribution is 0.0888. The van der Waals surface area contributed by atoms with Gasteiger partial charge in [-0.25, -0.2) is 4.98 Å². The van der Waals surface area contributed by atoms with Gasteiger partial charge in [0.2, 0.25) is 0 Å². The highest BCUT2D eigenvalue weighted by molar-refractivity contribution is 14.0. The maximum Gasteiger partial charge on any atom is 0.191 e. The monoisotopic (exact) mass is 500 g/mol. The third-order valence-corrected chi connectivity index (χ3v) is 4.43. The van der Waals surface area contributed by atoms with E-state index in [1.165, 1.54) is 6.33 Å². The topological polar surface area (TPSA) is 96.5 Å². The maximum absolute atomic E-state index is 5.72. The summed E-state index contributed by atoms with van der Waals surface area (Å²) in [5.74, 6) is 2.12. The number of nitrogens with zero attached hydrogens (tertiary/aromatic N) is 3. The molecular weight excluding hydrogens is 471 g/mol. The standard InChI is InChI=1S/C19H28N6O2.HI/c1-20-19(21-7-3-8-26-12-16-6-9-27-13-16)22-11-15-4-2-5-17(10-15)18-23-14-24-25-18;/h2,4-5,10,14,16H,3,6-9,11-13H2,1H3,(H2,20,21,22)(H,23,24,25);1H. The number of guanidine groups is 1. The summed E-state index contributed by atoms with van der Waals surface area (Å²) in [6.07, 6.45) is 3.57. The molecule has 1 aliphatic rings. The third-order valence-electron chi connectivity index (χ3n) is 4.43. The number of halogens is 1. The highest BCUT2D eigenvalue weighted by atomic mass is 127. The molecule has 3 N–H and O–H groups in total. The molecule has 0 aliphatic carbocycles. The van der Waals surface area contributed by atoms with E-state index in [4.69, 9.17) is 9.47 Å². The van der Waals surface area contributed by atoms with Crippen molar-refractivity contribution < 1.29 is 9.47 Å². The molecule has 0 bridgehead atoms. The van der Waals surface area contributed by atoms with Gasteiger partial charge in [0, 0.05) is 44.8 Å². The molecule has 0 spiro atoms. The van der Waals surface area contributed by atoms with Crippen molar-refractivity contribution in [2.45, 2.75) is 19.4 Å². The fourth-order valence-electron chi connectivity index (χ4n) is 2.93. The Labute approximate surface area is 182 Å². The Bertz CT molecular complexity index is 704. The summed E-state index contributed by atoms with van der Waals surface area (Å²) in [5.41, 5.74) is 2.16. The normalized spacial score (nSPS) is 16.6.